The fourth-order valence-electron chi connectivity index (χ4n) is 2.02. The summed E-state index contributed by atoms with van der Waals surface area (Å²) in [5.74, 6) is 0.708. The molecule has 21 heavy (non-hydrogen) atoms. The first-order valence-electron chi connectivity index (χ1n) is 6.38. The Bertz CT molecular complexity index is 722. The molecule has 2 heterocycles. The number of carbonyl (C=O) groups excluding carboxylic acids is 1. The van der Waals surface area contributed by atoms with Crippen molar-refractivity contribution in [3.63, 3.8) is 0 Å². The van der Waals surface area contributed by atoms with Crippen LogP contribution in [0.2, 0.25) is 0 Å². The number of amides is 1. The normalized spacial score (nSPS) is 10.5. The Morgan fingerprint density at radius 3 is 2.57 bits per heavy atom. The Kier molecular flexibility index (Phi) is 4.22. The summed E-state index contributed by atoms with van der Waals surface area (Å²) in [5.41, 5.74) is 0.846. The molecule has 3 aromatic rings. The molecule has 106 valence electrons. The van der Waals surface area contributed by atoms with E-state index in [1.807, 2.05) is 53.9 Å². The van der Waals surface area contributed by atoms with Crippen molar-refractivity contribution in [2.75, 3.05) is 4.90 Å². The predicted molar refractivity (Wildman–Crippen MR) is 87.7 cm³/mol. The van der Waals surface area contributed by atoms with Gasteiger partial charge in [0.15, 0.2) is 0 Å². The van der Waals surface area contributed by atoms with Crippen LogP contribution in [0.5, 0.6) is 0 Å². The molecule has 0 N–H and O–H groups in total. The van der Waals surface area contributed by atoms with Crippen molar-refractivity contribution >= 4 is 38.9 Å². The van der Waals surface area contributed by atoms with Crippen LogP contribution in [0.1, 0.15) is 15.4 Å². The molecule has 0 aliphatic rings. The molecule has 5 heteroatoms. The highest BCUT2D eigenvalue weighted by Gasteiger charge is 2.22. The number of furan rings is 1. The number of hydrogen-bond donors (Lipinski definition) is 0. The molecule has 3 rings (SSSR count). The molecular formula is C16H12BrNO2S. The minimum atomic E-state index is -0.0422. The molecule has 2 aromatic heterocycles. The van der Waals surface area contributed by atoms with Crippen molar-refractivity contribution in [1.29, 1.82) is 0 Å². The van der Waals surface area contributed by atoms with Gasteiger partial charge in [0, 0.05) is 10.2 Å². The molecule has 0 aliphatic heterocycles. The van der Waals surface area contributed by atoms with E-state index in [9.17, 15) is 4.79 Å². The van der Waals surface area contributed by atoms with Gasteiger partial charge in [0.1, 0.15) is 10.6 Å². The number of benzene rings is 1. The van der Waals surface area contributed by atoms with E-state index in [2.05, 4.69) is 15.9 Å². The van der Waals surface area contributed by atoms with E-state index in [4.69, 9.17) is 4.42 Å². The van der Waals surface area contributed by atoms with E-state index in [1.54, 1.807) is 11.2 Å². The van der Waals surface area contributed by atoms with Crippen LogP contribution in [-0.2, 0) is 6.54 Å². The summed E-state index contributed by atoms with van der Waals surface area (Å²) in [4.78, 5) is 15.2. The lowest BCUT2D eigenvalue weighted by atomic mass is 10.2. The minimum Gasteiger partial charge on any atom is -0.467 e. The van der Waals surface area contributed by atoms with Gasteiger partial charge in [0.05, 0.1) is 12.8 Å². The summed E-state index contributed by atoms with van der Waals surface area (Å²) in [6, 6.07) is 15.2. The lowest BCUT2D eigenvalue weighted by Crippen LogP contribution is -2.29. The SMILES string of the molecule is O=C(c1sccc1Br)N(Cc1ccco1)c1ccccc1. The van der Waals surface area contributed by atoms with Crippen LogP contribution in [0, 0.1) is 0 Å². The van der Waals surface area contributed by atoms with Crippen LogP contribution in [0.4, 0.5) is 5.69 Å². The third kappa shape index (κ3) is 3.09. The van der Waals surface area contributed by atoms with E-state index in [0.717, 1.165) is 15.9 Å². The van der Waals surface area contributed by atoms with E-state index in [-0.39, 0.29) is 5.91 Å². The Morgan fingerprint density at radius 1 is 1.14 bits per heavy atom. The number of carbonyl (C=O) groups is 1. The van der Waals surface area contributed by atoms with Crippen LogP contribution in [0.15, 0.2) is 69.1 Å². The van der Waals surface area contributed by atoms with Crippen molar-refractivity contribution in [3.05, 3.63) is 75.3 Å². The predicted octanol–water partition coefficient (Wildman–Crippen LogP) is 4.95. The summed E-state index contributed by atoms with van der Waals surface area (Å²) >= 11 is 4.85. The van der Waals surface area contributed by atoms with Crippen molar-refractivity contribution in [1.82, 2.24) is 0 Å². The fourth-order valence-corrected chi connectivity index (χ4v) is 3.50. The number of para-hydroxylation sites is 1. The highest BCUT2D eigenvalue weighted by atomic mass is 79.9. The average molecular weight is 362 g/mol. The zero-order valence-electron chi connectivity index (χ0n) is 11.0. The molecule has 0 unspecified atom stereocenters. The van der Waals surface area contributed by atoms with Crippen LogP contribution in [0.25, 0.3) is 0 Å². The van der Waals surface area contributed by atoms with Gasteiger partial charge in [-0.05, 0) is 51.6 Å². The molecule has 0 fully saturated rings. The quantitative estimate of drug-likeness (QED) is 0.658. The molecule has 0 radical (unpaired) electrons. The first-order valence-corrected chi connectivity index (χ1v) is 8.05. The van der Waals surface area contributed by atoms with Gasteiger partial charge >= 0.3 is 0 Å². The monoisotopic (exact) mass is 361 g/mol. The summed E-state index contributed by atoms with van der Waals surface area (Å²) in [7, 11) is 0. The lowest BCUT2D eigenvalue weighted by molar-refractivity contribution is 0.0986. The number of nitrogens with zero attached hydrogens (tertiary/aromatic N) is 1. The second-order valence-corrected chi connectivity index (χ2v) is 6.17. The zero-order valence-corrected chi connectivity index (χ0v) is 13.4. The van der Waals surface area contributed by atoms with E-state index < -0.39 is 0 Å². The van der Waals surface area contributed by atoms with Gasteiger partial charge in [-0.1, -0.05) is 18.2 Å². The molecule has 0 atom stereocenters. The second-order valence-electron chi connectivity index (χ2n) is 4.40. The molecule has 3 nitrogen and oxygen atoms in total. The third-order valence-electron chi connectivity index (χ3n) is 3.02. The van der Waals surface area contributed by atoms with Gasteiger partial charge in [-0.15, -0.1) is 11.3 Å². The summed E-state index contributed by atoms with van der Waals surface area (Å²) < 4.78 is 6.20. The van der Waals surface area contributed by atoms with Gasteiger partial charge < -0.3 is 9.32 Å². The number of thiophene rings is 1. The van der Waals surface area contributed by atoms with E-state index in [0.29, 0.717) is 11.4 Å². The fraction of sp³-hybridized carbons (Fsp3) is 0.0625. The molecule has 0 saturated heterocycles. The number of anilines is 1. The van der Waals surface area contributed by atoms with Gasteiger partial charge in [0.2, 0.25) is 0 Å². The van der Waals surface area contributed by atoms with Gasteiger partial charge in [0.25, 0.3) is 5.91 Å². The summed E-state index contributed by atoms with van der Waals surface area (Å²) in [5, 5.41) is 1.90. The summed E-state index contributed by atoms with van der Waals surface area (Å²) in [6.45, 7) is 0.403. The molecule has 0 saturated carbocycles. The molecular weight excluding hydrogens is 350 g/mol. The largest absolute Gasteiger partial charge is 0.467 e. The van der Waals surface area contributed by atoms with Gasteiger partial charge in [-0.25, -0.2) is 0 Å². The van der Waals surface area contributed by atoms with Crippen molar-refractivity contribution in [3.8, 4) is 0 Å². The Hall–Kier alpha value is -1.85. The van der Waals surface area contributed by atoms with Crippen LogP contribution < -0.4 is 4.90 Å². The lowest BCUT2D eigenvalue weighted by Gasteiger charge is -2.21. The maximum atomic E-state index is 12.8. The van der Waals surface area contributed by atoms with Crippen LogP contribution in [-0.4, -0.2) is 5.91 Å². The average Bonchev–Trinajstić information content (AvgIpc) is 3.16. The number of hydrogen-bond acceptors (Lipinski definition) is 3. The smallest absolute Gasteiger partial charge is 0.269 e. The molecule has 0 aliphatic carbocycles. The first-order chi connectivity index (χ1) is 10.3. The third-order valence-corrected chi connectivity index (χ3v) is 4.84. The Labute approximate surface area is 134 Å². The number of halogens is 1. The minimum absolute atomic E-state index is 0.0422. The topological polar surface area (TPSA) is 33.5 Å². The van der Waals surface area contributed by atoms with Crippen LogP contribution in [0.3, 0.4) is 0 Å². The highest BCUT2D eigenvalue weighted by Crippen LogP contribution is 2.27. The van der Waals surface area contributed by atoms with Crippen LogP contribution >= 0.6 is 27.3 Å². The molecule has 1 aromatic carbocycles. The standard InChI is InChI=1S/C16H12BrNO2S/c17-14-8-10-21-15(14)16(19)18(11-13-7-4-9-20-13)12-5-2-1-3-6-12/h1-10H,11H2. The highest BCUT2D eigenvalue weighted by molar-refractivity contribution is 9.10. The molecule has 0 spiro atoms. The summed E-state index contributed by atoms with van der Waals surface area (Å²) in [6.07, 6.45) is 1.62. The molecule has 0 bridgehead atoms. The second kappa shape index (κ2) is 6.28. The van der Waals surface area contributed by atoms with Crippen molar-refractivity contribution < 1.29 is 9.21 Å². The Morgan fingerprint density at radius 2 is 1.95 bits per heavy atom. The molecule has 1 amide bonds. The maximum absolute atomic E-state index is 12.8. The zero-order chi connectivity index (χ0) is 14.7. The van der Waals surface area contributed by atoms with Gasteiger partial charge in [-0.3, -0.25) is 4.79 Å². The van der Waals surface area contributed by atoms with E-state index >= 15 is 0 Å². The first kappa shape index (κ1) is 14.1. The van der Waals surface area contributed by atoms with Crippen molar-refractivity contribution in [2.45, 2.75) is 6.54 Å². The number of rotatable bonds is 4. The Balaban J connectivity index is 1.96. The van der Waals surface area contributed by atoms with E-state index in [1.165, 1.54) is 11.3 Å². The van der Waals surface area contributed by atoms with Crippen molar-refractivity contribution in [2.24, 2.45) is 0 Å². The maximum Gasteiger partial charge on any atom is 0.269 e. The van der Waals surface area contributed by atoms with Gasteiger partial charge in [-0.2, -0.15) is 0 Å².